The zero-order chi connectivity index (χ0) is 16.7. The van der Waals surface area contributed by atoms with Crippen LogP contribution in [0.25, 0.3) is 0 Å². The minimum absolute atomic E-state index is 0.109. The van der Waals surface area contributed by atoms with Crippen LogP contribution in [0.15, 0.2) is 24.3 Å². The van der Waals surface area contributed by atoms with Crippen LogP contribution in [0.1, 0.15) is 41.6 Å². The summed E-state index contributed by atoms with van der Waals surface area (Å²) in [4.78, 5) is 29.3. The van der Waals surface area contributed by atoms with Crippen molar-refractivity contribution in [1.82, 2.24) is 9.80 Å². The summed E-state index contributed by atoms with van der Waals surface area (Å²) in [6.07, 6.45) is 3.92. The maximum Gasteiger partial charge on any atom is 0.254 e. The SMILES string of the molecule is Cc1ccc(C(=O)N2CCSC23CCN(C(=O)C2CC2)CC3)cc1. The number of carbonyl (C=O) groups is 2. The van der Waals surface area contributed by atoms with E-state index in [-0.39, 0.29) is 10.8 Å². The number of piperidine rings is 1. The summed E-state index contributed by atoms with van der Waals surface area (Å²) in [5.74, 6) is 1.76. The maximum absolute atomic E-state index is 13.0. The molecule has 0 atom stereocenters. The van der Waals surface area contributed by atoms with Gasteiger partial charge < -0.3 is 9.80 Å². The molecule has 3 aliphatic rings. The van der Waals surface area contributed by atoms with E-state index in [4.69, 9.17) is 0 Å². The lowest BCUT2D eigenvalue weighted by Crippen LogP contribution is -2.53. The average molecular weight is 344 g/mol. The molecule has 2 aliphatic heterocycles. The van der Waals surface area contributed by atoms with Crippen molar-refractivity contribution in [2.75, 3.05) is 25.4 Å². The number of thioether (sulfide) groups is 1. The van der Waals surface area contributed by atoms with Crippen LogP contribution in [0.4, 0.5) is 0 Å². The predicted octanol–water partition coefficient (Wildman–Crippen LogP) is 2.91. The van der Waals surface area contributed by atoms with Gasteiger partial charge in [0.25, 0.3) is 5.91 Å². The number of benzene rings is 1. The molecule has 1 aliphatic carbocycles. The lowest BCUT2D eigenvalue weighted by molar-refractivity contribution is -0.134. The molecule has 0 aromatic heterocycles. The summed E-state index contributed by atoms with van der Waals surface area (Å²) in [6, 6.07) is 7.86. The molecule has 2 saturated heterocycles. The van der Waals surface area contributed by atoms with Crippen molar-refractivity contribution in [2.24, 2.45) is 5.92 Å². The third kappa shape index (κ3) is 2.83. The molecule has 4 nitrogen and oxygen atoms in total. The summed E-state index contributed by atoms with van der Waals surface area (Å²) in [6.45, 7) is 4.43. The molecule has 24 heavy (non-hydrogen) atoms. The summed E-state index contributed by atoms with van der Waals surface area (Å²) in [5.41, 5.74) is 1.95. The van der Waals surface area contributed by atoms with Crippen molar-refractivity contribution in [3.05, 3.63) is 35.4 Å². The first-order valence-electron chi connectivity index (χ1n) is 8.90. The highest BCUT2D eigenvalue weighted by Crippen LogP contribution is 2.45. The van der Waals surface area contributed by atoms with Crippen LogP contribution in [0.3, 0.4) is 0 Å². The highest BCUT2D eigenvalue weighted by atomic mass is 32.2. The first-order valence-corrected chi connectivity index (χ1v) is 9.89. The van der Waals surface area contributed by atoms with Gasteiger partial charge in [0.15, 0.2) is 0 Å². The van der Waals surface area contributed by atoms with E-state index in [0.717, 1.165) is 56.6 Å². The van der Waals surface area contributed by atoms with E-state index in [9.17, 15) is 9.59 Å². The lowest BCUT2D eigenvalue weighted by Gasteiger charge is -2.44. The van der Waals surface area contributed by atoms with E-state index in [0.29, 0.717) is 11.8 Å². The first kappa shape index (κ1) is 16.0. The molecule has 128 valence electrons. The quantitative estimate of drug-likeness (QED) is 0.828. The molecule has 0 radical (unpaired) electrons. The van der Waals surface area contributed by atoms with Gasteiger partial charge in [-0.15, -0.1) is 11.8 Å². The van der Waals surface area contributed by atoms with E-state index in [1.807, 2.05) is 47.9 Å². The predicted molar refractivity (Wildman–Crippen MR) is 95.9 cm³/mol. The minimum Gasteiger partial charge on any atom is -0.342 e. The summed E-state index contributed by atoms with van der Waals surface area (Å²) in [5, 5.41) is 0. The van der Waals surface area contributed by atoms with Crippen LogP contribution in [0, 0.1) is 12.8 Å². The second-order valence-electron chi connectivity index (χ2n) is 7.22. The van der Waals surface area contributed by atoms with Gasteiger partial charge in [-0.1, -0.05) is 17.7 Å². The number of nitrogens with zero attached hydrogens (tertiary/aromatic N) is 2. The number of carbonyl (C=O) groups excluding carboxylic acids is 2. The van der Waals surface area contributed by atoms with Crippen molar-refractivity contribution in [3.63, 3.8) is 0 Å². The molecular weight excluding hydrogens is 320 g/mol. The molecule has 1 spiro atoms. The summed E-state index contributed by atoms with van der Waals surface area (Å²) in [7, 11) is 0. The largest absolute Gasteiger partial charge is 0.342 e. The fourth-order valence-electron chi connectivity index (χ4n) is 3.83. The molecule has 0 unspecified atom stereocenters. The van der Waals surface area contributed by atoms with Crippen molar-refractivity contribution in [3.8, 4) is 0 Å². The molecule has 0 bridgehead atoms. The van der Waals surface area contributed by atoms with Crippen molar-refractivity contribution in [2.45, 2.75) is 37.5 Å². The smallest absolute Gasteiger partial charge is 0.254 e. The van der Waals surface area contributed by atoms with Gasteiger partial charge in [-0.05, 0) is 44.7 Å². The highest BCUT2D eigenvalue weighted by molar-refractivity contribution is 8.00. The van der Waals surface area contributed by atoms with Crippen molar-refractivity contribution in [1.29, 1.82) is 0 Å². The molecule has 2 amide bonds. The van der Waals surface area contributed by atoms with E-state index >= 15 is 0 Å². The zero-order valence-corrected chi connectivity index (χ0v) is 15.0. The Morgan fingerprint density at radius 3 is 2.38 bits per heavy atom. The average Bonchev–Trinajstić information content (AvgIpc) is 3.38. The highest BCUT2D eigenvalue weighted by Gasteiger charge is 2.48. The van der Waals surface area contributed by atoms with Gasteiger partial charge in [0.2, 0.25) is 5.91 Å². The van der Waals surface area contributed by atoms with Crippen molar-refractivity contribution < 1.29 is 9.59 Å². The Hall–Kier alpha value is -1.49. The van der Waals surface area contributed by atoms with Gasteiger partial charge >= 0.3 is 0 Å². The molecule has 1 aromatic rings. The summed E-state index contributed by atoms with van der Waals surface area (Å²) < 4.78 is 0. The molecule has 5 heteroatoms. The Labute approximate surface area is 147 Å². The second-order valence-corrected chi connectivity index (χ2v) is 8.67. The van der Waals surface area contributed by atoms with Gasteiger partial charge in [0, 0.05) is 36.9 Å². The number of hydrogen-bond acceptors (Lipinski definition) is 3. The van der Waals surface area contributed by atoms with Crippen LogP contribution in [0.2, 0.25) is 0 Å². The Bertz CT molecular complexity index is 646. The molecule has 2 heterocycles. The minimum atomic E-state index is -0.109. The number of hydrogen-bond donors (Lipinski definition) is 0. The number of aryl methyl sites for hydroxylation is 1. The van der Waals surface area contributed by atoms with Crippen molar-refractivity contribution >= 4 is 23.6 Å². The maximum atomic E-state index is 13.0. The van der Waals surface area contributed by atoms with Crippen LogP contribution in [0.5, 0.6) is 0 Å². The molecular formula is C19H24N2O2S. The molecule has 4 rings (SSSR count). The standard InChI is InChI=1S/C19H24N2O2S/c1-14-2-4-16(5-3-14)18(23)21-12-13-24-19(21)8-10-20(11-9-19)17(22)15-6-7-15/h2-5,15H,6-13H2,1H3. The molecule has 3 fully saturated rings. The summed E-state index contributed by atoms with van der Waals surface area (Å²) >= 11 is 1.90. The Balaban J connectivity index is 1.47. The van der Waals surface area contributed by atoms with Crippen LogP contribution >= 0.6 is 11.8 Å². The molecule has 1 aromatic carbocycles. The van der Waals surface area contributed by atoms with Gasteiger partial charge in [0.05, 0.1) is 4.87 Å². The van der Waals surface area contributed by atoms with E-state index in [1.165, 1.54) is 5.56 Å². The van der Waals surface area contributed by atoms with Crippen LogP contribution in [-0.2, 0) is 4.79 Å². The fraction of sp³-hybridized carbons (Fsp3) is 0.579. The molecule has 0 N–H and O–H groups in total. The second kappa shape index (κ2) is 6.10. The Morgan fingerprint density at radius 1 is 1.08 bits per heavy atom. The van der Waals surface area contributed by atoms with Gasteiger partial charge in [-0.3, -0.25) is 9.59 Å². The van der Waals surface area contributed by atoms with Gasteiger partial charge in [-0.25, -0.2) is 0 Å². The monoisotopic (exact) mass is 344 g/mol. The Kier molecular flexibility index (Phi) is 4.07. The first-order chi connectivity index (χ1) is 11.6. The van der Waals surface area contributed by atoms with Gasteiger partial charge in [-0.2, -0.15) is 0 Å². The van der Waals surface area contributed by atoms with Crippen LogP contribution in [-0.4, -0.2) is 51.9 Å². The lowest BCUT2D eigenvalue weighted by atomic mass is 10.00. The number of likely N-dealkylation sites (tertiary alicyclic amines) is 1. The fourth-order valence-corrected chi connectivity index (χ4v) is 5.28. The van der Waals surface area contributed by atoms with Gasteiger partial charge in [0.1, 0.15) is 0 Å². The number of amides is 2. The zero-order valence-electron chi connectivity index (χ0n) is 14.2. The van der Waals surface area contributed by atoms with Crippen LogP contribution < -0.4 is 0 Å². The third-order valence-corrected chi connectivity index (χ3v) is 7.06. The topological polar surface area (TPSA) is 40.6 Å². The normalized spacial score (nSPS) is 22.9. The Morgan fingerprint density at radius 2 is 1.75 bits per heavy atom. The van der Waals surface area contributed by atoms with E-state index in [1.54, 1.807) is 0 Å². The third-order valence-electron chi connectivity index (χ3n) is 5.50. The van der Waals surface area contributed by atoms with E-state index < -0.39 is 0 Å². The van der Waals surface area contributed by atoms with E-state index in [2.05, 4.69) is 4.90 Å². The number of rotatable bonds is 2. The molecule has 1 saturated carbocycles.